The van der Waals surface area contributed by atoms with Crippen molar-refractivity contribution in [3.63, 3.8) is 0 Å². The molecular weight excluding hydrogens is 264 g/mol. The highest BCUT2D eigenvalue weighted by molar-refractivity contribution is 6.89. The molecule has 0 bridgehead atoms. The fourth-order valence-electron chi connectivity index (χ4n) is 2.06. The zero-order valence-corrected chi connectivity index (χ0v) is 13.1. The molecule has 0 atom stereocenters. The molecule has 1 aromatic heterocycles. The van der Waals surface area contributed by atoms with Gasteiger partial charge in [-0.25, -0.2) is 0 Å². The van der Waals surface area contributed by atoms with E-state index in [1.54, 1.807) is 12.3 Å². The van der Waals surface area contributed by atoms with Crippen LogP contribution in [-0.4, -0.2) is 18.3 Å². The summed E-state index contributed by atoms with van der Waals surface area (Å²) in [6, 6.07) is 10.1. The predicted molar refractivity (Wildman–Crippen MR) is 83.7 cm³/mol. The summed E-state index contributed by atoms with van der Waals surface area (Å²) in [6.07, 6.45) is 7.00. The molecule has 4 heteroatoms. The highest BCUT2D eigenvalue weighted by Gasteiger charge is 2.20. The number of ether oxygens (including phenoxy) is 1. The second-order valence-corrected chi connectivity index (χ2v) is 10.6. The molecule has 0 radical (unpaired) electrons. The minimum atomic E-state index is -1.39. The summed E-state index contributed by atoms with van der Waals surface area (Å²) in [6.45, 7) is 7.43. The zero-order valence-electron chi connectivity index (χ0n) is 12.1. The van der Waals surface area contributed by atoms with Gasteiger partial charge in [-0.1, -0.05) is 55.0 Å². The van der Waals surface area contributed by atoms with Crippen molar-refractivity contribution in [1.82, 2.24) is 10.2 Å². The highest BCUT2D eigenvalue weighted by Crippen LogP contribution is 2.14. The van der Waals surface area contributed by atoms with Crippen molar-refractivity contribution in [2.75, 3.05) is 0 Å². The molecule has 2 aromatic rings. The highest BCUT2D eigenvalue weighted by atomic mass is 28.3. The molecule has 0 saturated carbocycles. The standard InChI is InChI=1S/C16H18N2OSi/c1-5-13-10-11-17-18-16(13)19-12-14-8-6-7-9-15(14)20(2,3)4/h1,6-11H,12H2,2-4H3. The second kappa shape index (κ2) is 5.89. The Balaban J connectivity index is 2.22. The molecule has 0 aliphatic carbocycles. The second-order valence-electron chi connectivity index (χ2n) is 5.59. The number of rotatable bonds is 4. The van der Waals surface area contributed by atoms with E-state index in [4.69, 9.17) is 11.2 Å². The zero-order chi connectivity index (χ0) is 14.6. The van der Waals surface area contributed by atoms with E-state index in [2.05, 4.69) is 54.0 Å². The van der Waals surface area contributed by atoms with Crippen molar-refractivity contribution in [3.05, 3.63) is 47.7 Å². The molecule has 1 heterocycles. The van der Waals surface area contributed by atoms with Crippen LogP contribution in [0, 0.1) is 12.3 Å². The van der Waals surface area contributed by atoms with Crippen molar-refractivity contribution < 1.29 is 4.74 Å². The van der Waals surface area contributed by atoms with Crippen LogP contribution >= 0.6 is 0 Å². The fourth-order valence-corrected chi connectivity index (χ4v) is 3.77. The van der Waals surface area contributed by atoms with Crippen molar-refractivity contribution >= 4 is 13.3 Å². The molecule has 0 aliphatic rings. The maximum absolute atomic E-state index is 5.76. The Labute approximate surface area is 121 Å². The summed E-state index contributed by atoms with van der Waals surface area (Å²) in [4.78, 5) is 0. The number of hydrogen-bond acceptors (Lipinski definition) is 3. The van der Waals surface area contributed by atoms with E-state index in [1.807, 2.05) is 6.07 Å². The van der Waals surface area contributed by atoms with Crippen LogP contribution in [0.15, 0.2) is 36.5 Å². The first-order chi connectivity index (χ1) is 9.52. The molecule has 0 N–H and O–H groups in total. The molecule has 1 aromatic carbocycles. The SMILES string of the molecule is C#Cc1ccnnc1OCc1ccccc1[Si](C)(C)C. The molecule has 102 valence electrons. The van der Waals surface area contributed by atoms with Gasteiger partial charge in [0.05, 0.1) is 19.8 Å². The Hall–Kier alpha value is -2.12. The van der Waals surface area contributed by atoms with Gasteiger partial charge >= 0.3 is 0 Å². The van der Waals surface area contributed by atoms with Gasteiger partial charge < -0.3 is 4.74 Å². The van der Waals surface area contributed by atoms with Crippen LogP contribution in [0.4, 0.5) is 0 Å². The van der Waals surface area contributed by atoms with E-state index in [0.717, 1.165) is 0 Å². The summed E-state index contributed by atoms with van der Waals surface area (Å²) in [7, 11) is -1.39. The minimum Gasteiger partial charge on any atom is -0.471 e. The molecular formula is C16H18N2OSi. The summed E-state index contributed by atoms with van der Waals surface area (Å²) in [5.41, 5.74) is 1.82. The summed E-state index contributed by atoms with van der Waals surface area (Å²) in [5.74, 6) is 2.97. The van der Waals surface area contributed by atoms with E-state index < -0.39 is 8.07 Å². The van der Waals surface area contributed by atoms with Crippen LogP contribution in [0.2, 0.25) is 19.6 Å². The third-order valence-corrected chi connectivity index (χ3v) is 5.14. The van der Waals surface area contributed by atoms with Gasteiger partial charge in [-0.15, -0.1) is 11.5 Å². The van der Waals surface area contributed by atoms with Gasteiger partial charge in [0.2, 0.25) is 5.88 Å². The van der Waals surface area contributed by atoms with Crippen LogP contribution in [0.5, 0.6) is 5.88 Å². The van der Waals surface area contributed by atoms with Crippen molar-refractivity contribution in [1.29, 1.82) is 0 Å². The first-order valence-corrected chi connectivity index (χ1v) is 10.0. The number of hydrogen-bond donors (Lipinski definition) is 0. The lowest BCUT2D eigenvalue weighted by atomic mass is 10.2. The third-order valence-electron chi connectivity index (χ3n) is 3.03. The molecule has 0 saturated heterocycles. The van der Waals surface area contributed by atoms with Crippen LogP contribution in [0.25, 0.3) is 0 Å². The lowest BCUT2D eigenvalue weighted by molar-refractivity contribution is 0.290. The molecule has 0 aliphatic heterocycles. The van der Waals surface area contributed by atoms with Crippen molar-refractivity contribution in [3.8, 4) is 18.2 Å². The van der Waals surface area contributed by atoms with E-state index >= 15 is 0 Å². The van der Waals surface area contributed by atoms with Gasteiger partial charge in [0.1, 0.15) is 6.61 Å². The largest absolute Gasteiger partial charge is 0.471 e. The molecule has 0 unspecified atom stereocenters. The third kappa shape index (κ3) is 3.25. The van der Waals surface area contributed by atoms with E-state index in [9.17, 15) is 0 Å². The first kappa shape index (κ1) is 14.3. The fraction of sp³-hybridized carbons (Fsp3) is 0.250. The average molecular weight is 282 g/mol. The van der Waals surface area contributed by atoms with Gasteiger partial charge in [0.25, 0.3) is 0 Å². The maximum Gasteiger partial charge on any atom is 0.249 e. The maximum atomic E-state index is 5.76. The van der Waals surface area contributed by atoms with Gasteiger partial charge in [0, 0.05) is 0 Å². The smallest absolute Gasteiger partial charge is 0.249 e. The van der Waals surface area contributed by atoms with E-state index in [1.165, 1.54) is 10.8 Å². The number of terminal acetylenes is 1. The van der Waals surface area contributed by atoms with Crippen LogP contribution in [0.1, 0.15) is 11.1 Å². The van der Waals surface area contributed by atoms with Crippen LogP contribution in [-0.2, 0) is 6.61 Å². The average Bonchev–Trinajstić information content (AvgIpc) is 2.44. The number of nitrogens with zero attached hydrogens (tertiary/aromatic N) is 2. The number of benzene rings is 1. The topological polar surface area (TPSA) is 35.0 Å². The molecule has 0 spiro atoms. The summed E-state index contributed by atoms with van der Waals surface area (Å²) < 4.78 is 5.76. The van der Waals surface area contributed by atoms with Crippen molar-refractivity contribution in [2.24, 2.45) is 0 Å². The normalized spacial score (nSPS) is 10.9. The quantitative estimate of drug-likeness (QED) is 0.638. The molecule has 3 nitrogen and oxygen atoms in total. The minimum absolute atomic E-state index is 0.417. The Morgan fingerprint density at radius 3 is 2.65 bits per heavy atom. The van der Waals surface area contributed by atoms with Crippen LogP contribution in [0.3, 0.4) is 0 Å². The van der Waals surface area contributed by atoms with Gasteiger partial charge in [0.15, 0.2) is 0 Å². The Kier molecular flexibility index (Phi) is 4.21. The Morgan fingerprint density at radius 2 is 1.95 bits per heavy atom. The lowest BCUT2D eigenvalue weighted by Crippen LogP contribution is -2.40. The molecule has 2 rings (SSSR count). The first-order valence-electron chi connectivity index (χ1n) is 6.52. The van der Waals surface area contributed by atoms with Gasteiger partial charge in [-0.3, -0.25) is 0 Å². The number of aromatic nitrogens is 2. The monoisotopic (exact) mass is 282 g/mol. The Morgan fingerprint density at radius 1 is 1.20 bits per heavy atom. The summed E-state index contributed by atoms with van der Waals surface area (Å²) in [5, 5.41) is 9.16. The van der Waals surface area contributed by atoms with Crippen LogP contribution < -0.4 is 9.92 Å². The molecule has 0 fully saturated rings. The van der Waals surface area contributed by atoms with Gasteiger partial charge in [-0.05, 0) is 11.6 Å². The van der Waals surface area contributed by atoms with E-state index in [0.29, 0.717) is 18.1 Å². The lowest BCUT2D eigenvalue weighted by Gasteiger charge is -2.21. The molecule has 20 heavy (non-hydrogen) atoms. The predicted octanol–water partition coefficient (Wildman–Crippen LogP) is 2.58. The van der Waals surface area contributed by atoms with Gasteiger partial charge in [-0.2, -0.15) is 5.10 Å². The molecule has 0 amide bonds. The Bertz CT molecular complexity index is 641. The van der Waals surface area contributed by atoms with E-state index in [-0.39, 0.29) is 0 Å². The van der Waals surface area contributed by atoms with Crippen molar-refractivity contribution in [2.45, 2.75) is 26.2 Å². The summed E-state index contributed by atoms with van der Waals surface area (Å²) >= 11 is 0.